The average Bonchev–Trinajstić information content (AvgIpc) is 2.94. The van der Waals surface area contributed by atoms with E-state index < -0.39 is 0 Å². The van der Waals surface area contributed by atoms with Gasteiger partial charge in [-0.25, -0.2) is 9.38 Å². The number of nitrogens with zero attached hydrogens (tertiary/aromatic N) is 3. The minimum Gasteiger partial charge on any atom is -0.306 e. The molecule has 0 radical (unpaired) electrons. The Balaban J connectivity index is 2.10. The van der Waals surface area contributed by atoms with Gasteiger partial charge in [0.05, 0.1) is 5.71 Å². The van der Waals surface area contributed by atoms with Gasteiger partial charge in [-0.2, -0.15) is 0 Å². The van der Waals surface area contributed by atoms with Crippen LogP contribution in [0.1, 0.15) is 12.5 Å². The van der Waals surface area contributed by atoms with Gasteiger partial charge in [-0.1, -0.05) is 18.2 Å². The maximum Gasteiger partial charge on any atom is 0.136 e. The second-order valence-corrected chi connectivity index (χ2v) is 4.58. The van der Waals surface area contributed by atoms with Gasteiger partial charge in [0.25, 0.3) is 0 Å². The molecule has 0 saturated carbocycles. The third kappa shape index (κ3) is 2.27. The van der Waals surface area contributed by atoms with Gasteiger partial charge in [0.15, 0.2) is 0 Å². The fourth-order valence-corrected chi connectivity index (χ4v) is 2.19. The Labute approximate surface area is 117 Å². The molecule has 0 fully saturated rings. The van der Waals surface area contributed by atoms with Gasteiger partial charge in [0.1, 0.15) is 5.65 Å². The van der Waals surface area contributed by atoms with Crippen molar-refractivity contribution in [2.45, 2.75) is 6.92 Å². The molecule has 0 unspecified atom stereocenters. The molecule has 0 atom stereocenters. The fourth-order valence-electron chi connectivity index (χ4n) is 2.07. The largest absolute Gasteiger partial charge is 0.306 e. The molecule has 19 heavy (non-hydrogen) atoms. The lowest BCUT2D eigenvalue weighted by molar-refractivity contribution is 1.19. The molecule has 0 bridgehead atoms. The number of fused-ring (bicyclic) bond motifs is 1. The summed E-state index contributed by atoms with van der Waals surface area (Å²) in [7, 11) is 0. The Morgan fingerprint density at radius 1 is 1.21 bits per heavy atom. The van der Waals surface area contributed by atoms with Crippen LogP contribution in [0.5, 0.6) is 0 Å². The van der Waals surface area contributed by atoms with E-state index in [0.29, 0.717) is 0 Å². The van der Waals surface area contributed by atoms with Crippen LogP contribution in [0.2, 0.25) is 0 Å². The van der Waals surface area contributed by atoms with Crippen molar-refractivity contribution >= 4 is 24.2 Å². The molecule has 4 heteroatoms. The van der Waals surface area contributed by atoms with Crippen LogP contribution >= 0.6 is 12.8 Å². The number of imidazole rings is 1. The maximum atomic E-state index is 4.25. The molecule has 0 aliphatic rings. The van der Waals surface area contributed by atoms with E-state index in [1.807, 2.05) is 35.7 Å². The van der Waals surface area contributed by atoms with Crippen LogP contribution in [-0.2, 0) is 0 Å². The van der Waals surface area contributed by atoms with E-state index >= 15 is 0 Å². The molecule has 0 amide bonds. The molecular weight excluding hydrogens is 254 g/mol. The molecule has 2 heterocycles. The highest BCUT2D eigenvalue weighted by Gasteiger charge is 2.03. The minimum absolute atomic E-state index is 0.911. The predicted molar refractivity (Wildman–Crippen MR) is 81.8 cm³/mol. The minimum atomic E-state index is 0.911. The lowest BCUT2D eigenvalue weighted by atomic mass is 10.0. The normalized spacial score (nSPS) is 12.0. The van der Waals surface area contributed by atoms with Crippen molar-refractivity contribution in [2.75, 3.05) is 0 Å². The number of thiol groups is 1. The SMILES string of the molecule is CC(=NS)c1cccc(-c2ccc3nccn3c2)c1. The van der Waals surface area contributed by atoms with E-state index in [4.69, 9.17) is 0 Å². The topological polar surface area (TPSA) is 29.7 Å². The number of aromatic nitrogens is 2. The summed E-state index contributed by atoms with van der Waals surface area (Å²) in [5, 5.41) is 0. The first-order valence-electron chi connectivity index (χ1n) is 6.00. The second-order valence-electron chi connectivity index (χ2n) is 4.38. The summed E-state index contributed by atoms with van der Waals surface area (Å²) in [6.45, 7) is 1.95. The smallest absolute Gasteiger partial charge is 0.136 e. The summed E-state index contributed by atoms with van der Waals surface area (Å²) >= 11 is 3.96. The lowest BCUT2D eigenvalue weighted by Gasteiger charge is -2.05. The Kier molecular flexibility index (Phi) is 3.09. The summed E-state index contributed by atoms with van der Waals surface area (Å²) in [5.74, 6) is 0. The third-order valence-corrected chi connectivity index (χ3v) is 3.45. The van der Waals surface area contributed by atoms with Crippen molar-refractivity contribution < 1.29 is 0 Å². The summed E-state index contributed by atoms with van der Waals surface area (Å²) in [4.78, 5) is 4.25. The van der Waals surface area contributed by atoms with Crippen molar-refractivity contribution in [2.24, 2.45) is 4.40 Å². The number of hydrogen-bond acceptors (Lipinski definition) is 3. The van der Waals surface area contributed by atoms with Gasteiger partial charge in [-0.3, -0.25) is 0 Å². The van der Waals surface area contributed by atoms with E-state index in [-0.39, 0.29) is 0 Å². The highest BCUT2D eigenvalue weighted by molar-refractivity contribution is 7.79. The zero-order chi connectivity index (χ0) is 13.2. The number of rotatable bonds is 2. The maximum absolute atomic E-state index is 4.25. The first kappa shape index (κ1) is 12.0. The number of pyridine rings is 1. The molecule has 0 aliphatic heterocycles. The van der Waals surface area contributed by atoms with Crippen molar-refractivity contribution in [3.63, 3.8) is 0 Å². The Morgan fingerprint density at radius 2 is 2.11 bits per heavy atom. The highest BCUT2D eigenvalue weighted by Crippen LogP contribution is 2.21. The van der Waals surface area contributed by atoms with Gasteiger partial charge in [0.2, 0.25) is 0 Å². The molecule has 2 aromatic heterocycles. The van der Waals surface area contributed by atoms with Crippen molar-refractivity contribution in [1.82, 2.24) is 9.38 Å². The third-order valence-electron chi connectivity index (χ3n) is 3.15. The van der Waals surface area contributed by atoms with E-state index in [2.05, 4.69) is 46.6 Å². The van der Waals surface area contributed by atoms with Crippen LogP contribution in [-0.4, -0.2) is 15.1 Å². The summed E-state index contributed by atoms with van der Waals surface area (Å²) in [6, 6.07) is 12.4. The number of hydrogen-bond donors (Lipinski definition) is 1. The molecule has 3 rings (SSSR count). The predicted octanol–water partition coefficient (Wildman–Crippen LogP) is 3.66. The van der Waals surface area contributed by atoms with Gasteiger partial charge in [-0.05, 0) is 54.6 Å². The standard InChI is InChI=1S/C15H13N3S/c1-11(17-19)12-3-2-4-13(9-12)14-5-6-15-16-7-8-18(15)10-14/h2-10,19H,1H3. The quantitative estimate of drug-likeness (QED) is 0.557. The molecule has 0 saturated heterocycles. The molecule has 0 aliphatic carbocycles. The fraction of sp³-hybridized carbons (Fsp3) is 0.0667. The van der Waals surface area contributed by atoms with E-state index in [1.54, 1.807) is 6.20 Å². The van der Waals surface area contributed by atoms with Crippen molar-refractivity contribution in [1.29, 1.82) is 0 Å². The Bertz CT molecular complexity index is 759. The first-order valence-corrected chi connectivity index (χ1v) is 6.40. The molecule has 3 nitrogen and oxygen atoms in total. The van der Waals surface area contributed by atoms with Crippen LogP contribution in [0.3, 0.4) is 0 Å². The van der Waals surface area contributed by atoms with Gasteiger partial charge in [0, 0.05) is 18.6 Å². The van der Waals surface area contributed by atoms with Crippen molar-refractivity contribution in [3.8, 4) is 11.1 Å². The Hall–Kier alpha value is -2.07. The average molecular weight is 267 g/mol. The summed E-state index contributed by atoms with van der Waals surface area (Å²) in [6.07, 6.45) is 5.82. The van der Waals surface area contributed by atoms with E-state index in [9.17, 15) is 0 Å². The molecular formula is C15H13N3S. The monoisotopic (exact) mass is 267 g/mol. The van der Waals surface area contributed by atoms with Crippen LogP contribution in [0.15, 0.2) is 59.4 Å². The van der Waals surface area contributed by atoms with Gasteiger partial charge < -0.3 is 4.40 Å². The number of benzene rings is 1. The van der Waals surface area contributed by atoms with Crippen LogP contribution in [0.25, 0.3) is 16.8 Å². The zero-order valence-electron chi connectivity index (χ0n) is 10.5. The zero-order valence-corrected chi connectivity index (χ0v) is 11.4. The second kappa shape index (κ2) is 4.90. The molecule has 0 spiro atoms. The van der Waals surface area contributed by atoms with Crippen LogP contribution < -0.4 is 0 Å². The first-order chi connectivity index (χ1) is 9.28. The highest BCUT2D eigenvalue weighted by atomic mass is 32.1. The summed E-state index contributed by atoms with van der Waals surface area (Å²) < 4.78 is 5.95. The molecule has 0 N–H and O–H groups in total. The van der Waals surface area contributed by atoms with Gasteiger partial charge >= 0.3 is 0 Å². The summed E-state index contributed by atoms with van der Waals surface area (Å²) in [5.41, 5.74) is 5.25. The van der Waals surface area contributed by atoms with E-state index in [1.165, 1.54) is 0 Å². The van der Waals surface area contributed by atoms with Crippen LogP contribution in [0, 0.1) is 0 Å². The van der Waals surface area contributed by atoms with Crippen molar-refractivity contribution in [3.05, 3.63) is 60.6 Å². The molecule has 1 aromatic carbocycles. The lowest BCUT2D eigenvalue weighted by Crippen LogP contribution is -1.93. The van der Waals surface area contributed by atoms with Crippen LogP contribution in [0.4, 0.5) is 0 Å². The molecule has 3 aromatic rings. The molecule has 94 valence electrons. The van der Waals surface area contributed by atoms with E-state index in [0.717, 1.165) is 28.0 Å². The Morgan fingerprint density at radius 3 is 2.95 bits per heavy atom. The van der Waals surface area contributed by atoms with Gasteiger partial charge in [-0.15, -0.1) is 0 Å².